The van der Waals surface area contributed by atoms with Crippen molar-refractivity contribution in [2.24, 2.45) is 16.9 Å². The van der Waals surface area contributed by atoms with Crippen LogP contribution in [-0.2, 0) is 0 Å². The van der Waals surface area contributed by atoms with Crippen LogP contribution in [0.5, 0.6) is 0 Å². The maximum atomic E-state index is 5.70. The van der Waals surface area contributed by atoms with Gasteiger partial charge < -0.3 is 11.5 Å². The molecule has 2 nitrogen and oxygen atoms in total. The minimum atomic E-state index is -0.554. The molecule has 0 fully saturated rings. The molecule has 4 N–H and O–H groups in total. The standard InChI is InChI=1S/C7H18N2/c1-5-6(2,3)7(4,8)9/h5,8-9H2,1-4H3. The molecular weight excluding hydrogens is 112 g/mol. The van der Waals surface area contributed by atoms with Crippen molar-refractivity contribution in [2.75, 3.05) is 0 Å². The van der Waals surface area contributed by atoms with E-state index in [4.69, 9.17) is 11.5 Å². The molecule has 9 heavy (non-hydrogen) atoms. The summed E-state index contributed by atoms with van der Waals surface area (Å²) in [6.07, 6.45) is 1.01. The Morgan fingerprint density at radius 3 is 1.44 bits per heavy atom. The first-order valence-corrected chi connectivity index (χ1v) is 3.39. The summed E-state index contributed by atoms with van der Waals surface area (Å²) in [5.74, 6) is 0. The van der Waals surface area contributed by atoms with Crippen molar-refractivity contribution >= 4 is 0 Å². The average molecular weight is 130 g/mol. The molecule has 0 heterocycles. The highest BCUT2D eigenvalue weighted by molar-refractivity contribution is 4.87. The monoisotopic (exact) mass is 130 g/mol. The molecular formula is C7H18N2. The molecule has 0 aliphatic carbocycles. The van der Waals surface area contributed by atoms with E-state index in [9.17, 15) is 0 Å². The zero-order chi connectivity index (χ0) is 7.71. The van der Waals surface area contributed by atoms with Crippen LogP contribution in [0.3, 0.4) is 0 Å². The summed E-state index contributed by atoms with van der Waals surface area (Å²) in [7, 11) is 0. The summed E-state index contributed by atoms with van der Waals surface area (Å²) >= 11 is 0. The normalized spacial score (nSPS) is 14.0. The van der Waals surface area contributed by atoms with Crippen molar-refractivity contribution in [3.63, 3.8) is 0 Å². The lowest BCUT2D eigenvalue weighted by Gasteiger charge is -2.37. The van der Waals surface area contributed by atoms with Gasteiger partial charge in [-0.3, -0.25) is 0 Å². The topological polar surface area (TPSA) is 52.0 Å². The van der Waals surface area contributed by atoms with E-state index in [-0.39, 0.29) is 5.41 Å². The fourth-order valence-electron chi connectivity index (χ4n) is 0.381. The molecule has 0 unspecified atom stereocenters. The second-order valence-corrected chi connectivity index (χ2v) is 3.52. The second kappa shape index (κ2) is 2.27. The van der Waals surface area contributed by atoms with E-state index in [0.29, 0.717) is 0 Å². The molecule has 0 aliphatic heterocycles. The van der Waals surface area contributed by atoms with Crippen LogP contribution in [0.2, 0.25) is 0 Å². The summed E-state index contributed by atoms with van der Waals surface area (Å²) in [5, 5.41) is 0. The van der Waals surface area contributed by atoms with E-state index in [1.165, 1.54) is 0 Å². The predicted octanol–water partition coefficient (Wildman–Crippen LogP) is 1.06. The lowest BCUT2D eigenvalue weighted by molar-refractivity contribution is 0.182. The van der Waals surface area contributed by atoms with Gasteiger partial charge in [0.05, 0.1) is 5.66 Å². The summed E-state index contributed by atoms with van der Waals surface area (Å²) in [6.45, 7) is 8.11. The molecule has 0 radical (unpaired) electrons. The molecule has 0 spiro atoms. The highest BCUT2D eigenvalue weighted by Gasteiger charge is 2.31. The Hall–Kier alpha value is -0.0800. The van der Waals surface area contributed by atoms with Gasteiger partial charge in [-0.25, -0.2) is 0 Å². The van der Waals surface area contributed by atoms with Gasteiger partial charge in [0.25, 0.3) is 0 Å². The van der Waals surface area contributed by atoms with Crippen molar-refractivity contribution in [3.8, 4) is 0 Å². The fourth-order valence-corrected chi connectivity index (χ4v) is 0.381. The van der Waals surface area contributed by atoms with Gasteiger partial charge in [-0.15, -0.1) is 0 Å². The quantitative estimate of drug-likeness (QED) is 0.549. The molecule has 0 amide bonds. The molecule has 0 aliphatic rings. The highest BCUT2D eigenvalue weighted by atomic mass is 15.0. The Kier molecular flexibility index (Phi) is 2.25. The maximum absolute atomic E-state index is 5.70. The van der Waals surface area contributed by atoms with Crippen LogP contribution in [0.15, 0.2) is 0 Å². The third-order valence-electron chi connectivity index (χ3n) is 2.34. The SMILES string of the molecule is CCC(C)(C)C(C)(N)N. The van der Waals surface area contributed by atoms with E-state index >= 15 is 0 Å². The van der Waals surface area contributed by atoms with Gasteiger partial charge in [-0.2, -0.15) is 0 Å². The third-order valence-corrected chi connectivity index (χ3v) is 2.34. The van der Waals surface area contributed by atoms with Gasteiger partial charge in [0.1, 0.15) is 0 Å². The Morgan fingerprint density at radius 1 is 1.11 bits per heavy atom. The van der Waals surface area contributed by atoms with Crippen LogP contribution in [0.4, 0.5) is 0 Å². The zero-order valence-electron chi connectivity index (χ0n) is 6.86. The molecule has 0 aromatic carbocycles. The minimum absolute atomic E-state index is 0.0347. The van der Waals surface area contributed by atoms with Gasteiger partial charge in [0.15, 0.2) is 0 Å². The number of hydrogen-bond acceptors (Lipinski definition) is 2. The van der Waals surface area contributed by atoms with Crippen molar-refractivity contribution < 1.29 is 0 Å². The van der Waals surface area contributed by atoms with Crippen LogP contribution < -0.4 is 11.5 Å². The van der Waals surface area contributed by atoms with Crippen LogP contribution in [0, 0.1) is 5.41 Å². The first kappa shape index (κ1) is 8.92. The minimum Gasteiger partial charge on any atom is -0.313 e. The average Bonchev–Trinajstić information content (AvgIpc) is 1.64. The summed E-state index contributed by atoms with van der Waals surface area (Å²) < 4.78 is 0. The molecule has 2 heteroatoms. The smallest absolute Gasteiger partial charge is 0.0659 e. The van der Waals surface area contributed by atoms with Gasteiger partial charge >= 0.3 is 0 Å². The Balaban J connectivity index is 4.14. The largest absolute Gasteiger partial charge is 0.313 e. The Morgan fingerprint density at radius 2 is 1.44 bits per heavy atom. The van der Waals surface area contributed by atoms with Crippen LogP contribution in [0.1, 0.15) is 34.1 Å². The number of hydrogen-bond donors (Lipinski definition) is 2. The van der Waals surface area contributed by atoms with Crippen LogP contribution in [-0.4, -0.2) is 5.66 Å². The van der Waals surface area contributed by atoms with E-state index in [1.807, 2.05) is 6.92 Å². The highest BCUT2D eigenvalue weighted by Crippen LogP contribution is 2.27. The van der Waals surface area contributed by atoms with E-state index in [2.05, 4.69) is 20.8 Å². The van der Waals surface area contributed by atoms with E-state index in [0.717, 1.165) is 6.42 Å². The number of rotatable bonds is 2. The first-order valence-electron chi connectivity index (χ1n) is 3.39. The van der Waals surface area contributed by atoms with Crippen molar-refractivity contribution in [1.29, 1.82) is 0 Å². The van der Waals surface area contributed by atoms with Gasteiger partial charge in [-0.05, 0) is 18.8 Å². The summed E-state index contributed by atoms with van der Waals surface area (Å²) in [5.41, 5.74) is 10.9. The summed E-state index contributed by atoms with van der Waals surface area (Å²) in [4.78, 5) is 0. The maximum Gasteiger partial charge on any atom is 0.0659 e. The second-order valence-electron chi connectivity index (χ2n) is 3.52. The summed E-state index contributed by atoms with van der Waals surface area (Å²) in [6, 6.07) is 0. The Labute approximate surface area is 57.6 Å². The van der Waals surface area contributed by atoms with Gasteiger partial charge in [0.2, 0.25) is 0 Å². The molecule has 0 aromatic heterocycles. The van der Waals surface area contributed by atoms with Crippen LogP contribution >= 0.6 is 0 Å². The predicted molar refractivity (Wildman–Crippen MR) is 40.9 cm³/mol. The lowest BCUT2D eigenvalue weighted by Crippen LogP contribution is -2.57. The number of nitrogens with two attached hydrogens (primary N) is 2. The van der Waals surface area contributed by atoms with Gasteiger partial charge in [0, 0.05) is 0 Å². The van der Waals surface area contributed by atoms with Crippen molar-refractivity contribution in [2.45, 2.75) is 39.8 Å². The molecule has 0 bridgehead atoms. The lowest BCUT2D eigenvalue weighted by atomic mass is 9.79. The molecule has 0 atom stereocenters. The van der Waals surface area contributed by atoms with Crippen LogP contribution in [0.25, 0.3) is 0 Å². The van der Waals surface area contributed by atoms with Crippen molar-refractivity contribution in [1.82, 2.24) is 0 Å². The molecule has 0 rings (SSSR count). The third kappa shape index (κ3) is 1.95. The molecule has 0 aromatic rings. The zero-order valence-corrected chi connectivity index (χ0v) is 6.86. The molecule has 0 saturated carbocycles. The molecule has 0 saturated heterocycles. The van der Waals surface area contributed by atoms with Crippen molar-refractivity contribution in [3.05, 3.63) is 0 Å². The first-order chi connectivity index (χ1) is 3.81. The van der Waals surface area contributed by atoms with E-state index in [1.54, 1.807) is 0 Å². The fraction of sp³-hybridized carbons (Fsp3) is 1.00. The molecule has 56 valence electrons. The van der Waals surface area contributed by atoms with Gasteiger partial charge in [-0.1, -0.05) is 20.8 Å². The van der Waals surface area contributed by atoms with E-state index < -0.39 is 5.66 Å². The Bertz CT molecular complexity index is 89.6.